The van der Waals surface area contributed by atoms with E-state index in [1.165, 1.54) is 11.8 Å². The predicted molar refractivity (Wildman–Crippen MR) is 152 cm³/mol. The topological polar surface area (TPSA) is 51.7 Å². The van der Waals surface area contributed by atoms with E-state index in [1.807, 2.05) is 30.3 Å². The molecule has 2 aromatic carbocycles. The average molecular weight is 547 g/mol. The molecular formula is C32H36ClFN4O. The monoisotopic (exact) mass is 546 g/mol. The summed E-state index contributed by atoms with van der Waals surface area (Å²) < 4.78 is 14.5. The van der Waals surface area contributed by atoms with Gasteiger partial charge in [-0.25, -0.2) is 11.0 Å². The van der Waals surface area contributed by atoms with Crippen molar-refractivity contribution in [3.8, 4) is 6.07 Å². The van der Waals surface area contributed by atoms with E-state index in [4.69, 9.17) is 23.4 Å². The Labute approximate surface area is 236 Å². The van der Waals surface area contributed by atoms with Crippen LogP contribution in [0.5, 0.6) is 0 Å². The Balaban J connectivity index is 1.26. The third-order valence-corrected chi connectivity index (χ3v) is 9.68. The molecule has 2 saturated heterocycles. The molecule has 1 aliphatic carbocycles. The van der Waals surface area contributed by atoms with Gasteiger partial charge in [-0.2, -0.15) is 5.26 Å². The molecule has 0 amide bonds. The third-order valence-electron chi connectivity index (χ3n) is 9.38. The zero-order valence-electron chi connectivity index (χ0n) is 22.4. The number of ketones is 1. The number of anilines is 1. The quantitative estimate of drug-likeness (QED) is 0.274. The number of hydrogen-bond acceptors (Lipinski definition) is 4. The van der Waals surface area contributed by atoms with Crippen molar-refractivity contribution in [2.24, 2.45) is 23.7 Å². The van der Waals surface area contributed by atoms with Crippen LogP contribution in [0.15, 0.2) is 48.5 Å². The first-order chi connectivity index (χ1) is 19.0. The van der Waals surface area contributed by atoms with Crippen molar-refractivity contribution < 1.29 is 9.18 Å². The number of likely N-dealkylation sites (tertiary alicyclic amines) is 1. The van der Waals surface area contributed by atoms with Gasteiger partial charge in [0.25, 0.3) is 5.54 Å². The van der Waals surface area contributed by atoms with Crippen LogP contribution in [-0.4, -0.2) is 49.3 Å². The lowest BCUT2D eigenvalue weighted by Gasteiger charge is -2.46. The van der Waals surface area contributed by atoms with Gasteiger partial charge in [0.15, 0.2) is 0 Å². The van der Waals surface area contributed by atoms with E-state index in [0.29, 0.717) is 17.9 Å². The number of alkyl halides is 1. The van der Waals surface area contributed by atoms with Crippen LogP contribution in [0.25, 0.3) is 4.85 Å². The Hall–Kier alpha value is -2.93. The van der Waals surface area contributed by atoms with E-state index in [-0.39, 0.29) is 35.2 Å². The summed E-state index contributed by atoms with van der Waals surface area (Å²) in [4.78, 5) is 21.6. The summed E-state index contributed by atoms with van der Waals surface area (Å²) in [5.74, 6) is 0.630. The van der Waals surface area contributed by atoms with Crippen molar-refractivity contribution in [1.82, 2.24) is 4.90 Å². The fourth-order valence-corrected chi connectivity index (χ4v) is 7.61. The highest BCUT2D eigenvalue weighted by Crippen LogP contribution is 2.54. The fourth-order valence-electron chi connectivity index (χ4n) is 7.50. The second-order valence-corrected chi connectivity index (χ2v) is 11.9. The minimum Gasteiger partial charge on any atom is -0.371 e. The van der Waals surface area contributed by atoms with Gasteiger partial charge in [0.05, 0.1) is 17.5 Å². The first-order valence-corrected chi connectivity index (χ1v) is 14.7. The number of piperidine rings is 1. The zero-order chi connectivity index (χ0) is 27.4. The highest BCUT2D eigenvalue weighted by molar-refractivity contribution is 6.27. The molecule has 5 rings (SSSR count). The van der Waals surface area contributed by atoms with E-state index in [9.17, 15) is 9.18 Å². The molecule has 7 heteroatoms. The van der Waals surface area contributed by atoms with Crippen LogP contribution in [0.2, 0.25) is 0 Å². The molecule has 0 radical (unpaired) electrons. The first kappa shape index (κ1) is 27.6. The molecule has 2 aromatic rings. The van der Waals surface area contributed by atoms with Crippen molar-refractivity contribution in [1.29, 1.82) is 5.26 Å². The maximum Gasteiger partial charge on any atom is 0.263 e. The van der Waals surface area contributed by atoms with Crippen molar-refractivity contribution >= 4 is 23.1 Å². The van der Waals surface area contributed by atoms with E-state index >= 15 is 0 Å². The minimum absolute atomic E-state index is 0.0103. The Kier molecular flexibility index (Phi) is 8.55. The molecular weight excluding hydrogens is 511 g/mol. The Morgan fingerprint density at radius 2 is 1.87 bits per heavy atom. The van der Waals surface area contributed by atoms with Gasteiger partial charge in [-0.3, -0.25) is 4.79 Å². The van der Waals surface area contributed by atoms with Crippen molar-refractivity contribution in [2.75, 3.05) is 43.5 Å². The number of nitrogens with zero attached hydrogens (tertiary/aromatic N) is 4. The summed E-state index contributed by atoms with van der Waals surface area (Å²) >= 11 is 5.86. The second kappa shape index (κ2) is 12.1. The van der Waals surface area contributed by atoms with Crippen LogP contribution in [0, 0.1) is 47.4 Å². The molecule has 0 N–H and O–H groups in total. The summed E-state index contributed by atoms with van der Waals surface area (Å²) in [6, 6.07) is 16.6. The maximum absolute atomic E-state index is 14.5. The number of halogens is 2. The first-order valence-electron chi connectivity index (χ1n) is 14.2. The Bertz CT molecular complexity index is 1240. The molecule has 0 spiro atoms. The number of rotatable bonds is 9. The van der Waals surface area contributed by atoms with E-state index in [0.717, 1.165) is 70.4 Å². The highest BCUT2D eigenvalue weighted by atomic mass is 35.5. The molecule has 204 valence electrons. The smallest absolute Gasteiger partial charge is 0.263 e. The number of nitriles is 1. The number of carbonyl (C=O) groups is 1. The molecule has 3 aliphatic rings. The molecule has 2 aliphatic heterocycles. The van der Waals surface area contributed by atoms with Gasteiger partial charge in [0.1, 0.15) is 11.6 Å². The number of hydrogen-bond donors (Lipinski definition) is 0. The number of carbonyl (C=O) groups excluding carboxylic acids is 1. The summed E-state index contributed by atoms with van der Waals surface area (Å²) in [6.07, 6.45) is 5.03. The number of Topliss-reactive ketones (excluding diaryl/α,β-unsaturated/α-hetero) is 1. The lowest BCUT2D eigenvalue weighted by atomic mass is 9.63. The normalized spacial score (nSPS) is 23.9. The average Bonchev–Trinajstić information content (AvgIpc) is 3.40. The summed E-state index contributed by atoms with van der Waals surface area (Å²) in [7, 11) is 0. The van der Waals surface area contributed by atoms with Gasteiger partial charge in [-0.05, 0) is 81.1 Å². The van der Waals surface area contributed by atoms with Crippen molar-refractivity contribution in [3.05, 3.63) is 76.9 Å². The summed E-state index contributed by atoms with van der Waals surface area (Å²) in [6.45, 7) is 13.5. The van der Waals surface area contributed by atoms with Crippen LogP contribution in [0.3, 0.4) is 0 Å². The van der Waals surface area contributed by atoms with E-state index < -0.39 is 5.54 Å². The Morgan fingerprint density at radius 1 is 1.13 bits per heavy atom. The molecule has 2 heterocycles. The minimum atomic E-state index is -0.815. The second-order valence-electron chi connectivity index (χ2n) is 11.6. The molecule has 5 nitrogen and oxygen atoms in total. The lowest BCUT2D eigenvalue weighted by Crippen LogP contribution is -2.53. The Morgan fingerprint density at radius 3 is 2.51 bits per heavy atom. The summed E-state index contributed by atoms with van der Waals surface area (Å²) in [5, 5.41) is 9.02. The standard InChI is InChI=1S/C32H36ClFN4O/c1-36-32(27-5-3-6-28(34)17-27,31-7-2-4-25(31)16-30(39)18-33)26-12-14-37(15-13-26)20-24-21-38(22-24)29-10-8-23(19-35)9-11-29/h3,5-6,8-11,17,24-26,31H,2,4,7,12-16,18,20-22H2/t25-,31+,32-/m1/s1. The molecule has 1 saturated carbocycles. The number of benzene rings is 2. The van der Waals surface area contributed by atoms with E-state index in [2.05, 4.69) is 20.7 Å². The van der Waals surface area contributed by atoms with Crippen LogP contribution < -0.4 is 4.90 Å². The highest BCUT2D eigenvalue weighted by Gasteiger charge is 2.57. The maximum atomic E-state index is 14.5. The van der Waals surface area contributed by atoms with Crippen LogP contribution in [0.4, 0.5) is 10.1 Å². The van der Waals surface area contributed by atoms with Crippen LogP contribution in [-0.2, 0) is 10.3 Å². The molecule has 39 heavy (non-hydrogen) atoms. The predicted octanol–water partition coefficient (Wildman–Crippen LogP) is 6.27. The van der Waals surface area contributed by atoms with E-state index in [1.54, 1.807) is 12.1 Å². The SMILES string of the molecule is [C-]#[N+][C@@](c1cccc(F)c1)(C1CCN(CC2CN(c3ccc(C#N)cc3)C2)CC1)[C@H]1CCC[C@@H]1CC(=O)CCl. The van der Waals surface area contributed by atoms with Gasteiger partial charge in [-0.1, -0.05) is 18.6 Å². The molecule has 3 fully saturated rings. The molecule has 0 aromatic heterocycles. The van der Waals surface area contributed by atoms with Crippen molar-refractivity contribution in [2.45, 2.75) is 44.1 Å². The molecule has 0 bridgehead atoms. The molecule has 3 atom stereocenters. The van der Waals surface area contributed by atoms with Gasteiger partial charge in [-0.15, -0.1) is 11.6 Å². The largest absolute Gasteiger partial charge is 0.371 e. The van der Waals surface area contributed by atoms with Gasteiger partial charge in [0, 0.05) is 55.1 Å². The van der Waals surface area contributed by atoms with Gasteiger partial charge >= 0.3 is 0 Å². The fraction of sp³-hybridized carbons (Fsp3) is 0.531. The van der Waals surface area contributed by atoms with Gasteiger partial charge in [0.2, 0.25) is 0 Å². The van der Waals surface area contributed by atoms with Crippen LogP contribution >= 0.6 is 11.6 Å². The third kappa shape index (κ3) is 5.69. The van der Waals surface area contributed by atoms with Crippen molar-refractivity contribution in [3.63, 3.8) is 0 Å². The lowest BCUT2D eigenvalue weighted by molar-refractivity contribution is -0.118. The van der Waals surface area contributed by atoms with Crippen LogP contribution in [0.1, 0.15) is 49.7 Å². The van der Waals surface area contributed by atoms with Gasteiger partial charge < -0.3 is 14.6 Å². The summed E-state index contributed by atoms with van der Waals surface area (Å²) in [5.41, 5.74) is 1.81. The molecule has 0 unspecified atom stereocenters. The zero-order valence-corrected chi connectivity index (χ0v) is 23.1.